The van der Waals surface area contributed by atoms with E-state index in [1.807, 2.05) is 0 Å². The Kier molecular flexibility index (Phi) is 4.05. The van der Waals surface area contributed by atoms with Crippen LogP contribution in [0.4, 0.5) is 18.9 Å². The molecule has 0 unspecified atom stereocenters. The van der Waals surface area contributed by atoms with Crippen molar-refractivity contribution in [2.24, 2.45) is 0 Å². The number of hydrogen-bond acceptors (Lipinski definition) is 4. The monoisotopic (exact) mass is 342 g/mol. The molecule has 0 bridgehead atoms. The summed E-state index contributed by atoms with van der Waals surface area (Å²) in [4.78, 5) is 18.5. The molecular weight excluding hydrogens is 329 g/mol. The second-order valence-electron chi connectivity index (χ2n) is 5.07. The minimum absolute atomic E-state index is 0.299. The van der Waals surface area contributed by atoms with Crippen molar-refractivity contribution in [3.05, 3.63) is 36.4 Å². The van der Waals surface area contributed by atoms with Crippen LogP contribution in [0.1, 0.15) is 18.5 Å². The average Bonchev–Trinajstić information content (AvgIpc) is 3.06. The van der Waals surface area contributed by atoms with E-state index >= 15 is 0 Å². The summed E-state index contributed by atoms with van der Waals surface area (Å²) in [5.41, 5.74) is -0.460. The molecule has 0 aliphatic carbocycles. The lowest BCUT2D eigenvalue weighted by atomic mass is 10.1. The van der Waals surface area contributed by atoms with Crippen molar-refractivity contribution >= 4 is 23.4 Å². The van der Waals surface area contributed by atoms with Crippen LogP contribution in [0.15, 0.2) is 35.7 Å². The van der Waals surface area contributed by atoms with Gasteiger partial charge in [-0.25, -0.2) is 9.67 Å². The van der Waals surface area contributed by atoms with Gasteiger partial charge in [-0.3, -0.25) is 4.79 Å². The molecule has 0 spiro atoms. The molecule has 3 rings (SSSR count). The van der Waals surface area contributed by atoms with Gasteiger partial charge in [-0.2, -0.15) is 18.3 Å². The largest absolute Gasteiger partial charge is 0.416 e. The summed E-state index contributed by atoms with van der Waals surface area (Å²) >= 11 is 1.44. The Hall–Kier alpha value is -2.03. The van der Waals surface area contributed by atoms with E-state index in [-0.39, 0.29) is 5.91 Å². The van der Waals surface area contributed by atoms with Gasteiger partial charge in [0.2, 0.25) is 0 Å². The van der Waals surface area contributed by atoms with E-state index in [9.17, 15) is 18.0 Å². The molecule has 0 fully saturated rings. The second kappa shape index (κ2) is 5.88. The molecule has 0 radical (unpaired) electrons. The van der Waals surface area contributed by atoms with E-state index in [1.54, 1.807) is 6.92 Å². The summed E-state index contributed by atoms with van der Waals surface area (Å²) in [5.74, 6) is 0.324. The number of amides is 1. The smallest absolute Gasteiger partial charge is 0.309 e. The van der Waals surface area contributed by atoms with Gasteiger partial charge in [-0.15, -0.1) is 11.8 Å². The zero-order valence-corrected chi connectivity index (χ0v) is 12.9. The third kappa shape index (κ3) is 3.05. The molecule has 2 heterocycles. The maximum absolute atomic E-state index is 12.9. The maximum atomic E-state index is 12.9. The number of carbonyl (C=O) groups excluding carboxylic acids is 1. The summed E-state index contributed by atoms with van der Waals surface area (Å²) in [6.45, 7) is 2.00. The predicted octanol–water partition coefficient (Wildman–Crippen LogP) is 3.00. The van der Waals surface area contributed by atoms with Crippen molar-refractivity contribution in [1.29, 1.82) is 0 Å². The summed E-state index contributed by atoms with van der Waals surface area (Å²) in [6, 6.07) is 2.86. The summed E-state index contributed by atoms with van der Waals surface area (Å²) < 4.78 is 40.2. The number of nitrogens with zero attached hydrogens (tertiary/aromatic N) is 4. The van der Waals surface area contributed by atoms with Gasteiger partial charge in [-0.1, -0.05) is 0 Å². The van der Waals surface area contributed by atoms with E-state index < -0.39 is 17.8 Å². The first-order valence-electron chi connectivity index (χ1n) is 6.87. The van der Waals surface area contributed by atoms with Crippen LogP contribution in [0.5, 0.6) is 0 Å². The van der Waals surface area contributed by atoms with Gasteiger partial charge in [0.05, 0.1) is 11.3 Å². The summed E-state index contributed by atoms with van der Waals surface area (Å²) in [5, 5.41) is 3.92. The van der Waals surface area contributed by atoms with Gasteiger partial charge >= 0.3 is 6.18 Å². The minimum Gasteiger partial charge on any atom is -0.309 e. The number of anilines is 1. The Labute approximate surface area is 134 Å². The second-order valence-corrected chi connectivity index (χ2v) is 6.21. The Morgan fingerprint density at radius 2 is 2.17 bits per heavy atom. The van der Waals surface area contributed by atoms with Gasteiger partial charge in [0.15, 0.2) is 0 Å². The van der Waals surface area contributed by atoms with Crippen molar-refractivity contribution in [3.63, 3.8) is 0 Å². The van der Waals surface area contributed by atoms with E-state index in [0.29, 0.717) is 22.9 Å². The van der Waals surface area contributed by atoms with Gasteiger partial charge in [0.25, 0.3) is 5.91 Å². The molecule has 9 heteroatoms. The number of fused-ring (bicyclic) bond motifs is 1. The SMILES string of the molecule is C[C@@H](C(=O)N1CCSc2ccc(C(F)(F)F)cc21)n1cncn1. The topological polar surface area (TPSA) is 51.0 Å². The van der Waals surface area contributed by atoms with Gasteiger partial charge in [-0.05, 0) is 25.1 Å². The number of benzene rings is 1. The molecule has 1 aromatic carbocycles. The quantitative estimate of drug-likeness (QED) is 0.842. The molecule has 1 aromatic heterocycles. The summed E-state index contributed by atoms with van der Waals surface area (Å²) in [6.07, 6.45) is -1.72. The zero-order chi connectivity index (χ0) is 16.6. The highest BCUT2D eigenvalue weighted by Gasteiger charge is 2.34. The van der Waals surface area contributed by atoms with Crippen LogP contribution < -0.4 is 4.90 Å². The van der Waals surface area contributed by atoms with Gasteiger partial charge in [0, 0.05) is 17.2 Å². The van der Waals surface area contributed by atoms with E-state index in [4.69, 9.17) is 0 Å². The van der Waals surface area contributed by atoms with Crippen LogP contribution in [0.25, 0.3) is 0 Å². The number of hydrogen-bond donors (Lipinski definition) is 0. The van der Waals surface area contributed by atoms with Crippen molar-refractivity contribution in [3.8, 4) is 0 Å². The highest BCUT2D eigenvalue weighted by atomic mass is 32.2. The molecule has 0 N–H and O–H groups in total. The Balaban J connectivity index is 1.95. The fourth-order valence-electron chi connectivity index (χ4n) is 2.38. The minimum atomic E-state index is -4.44. The first kappa shape index (κ1) is 15.9. The van der Waals surface area contributed by atoms with Crippen LogP contribution in [0, 0.1) is 0 Å². The van der Waals surface area contributed by atoms with Crippen LogP contribution in [0.2, 0.25) is 0 Å². The Bertz CT molecular complexity index is 717. The van der Waals surface area contributed by atoms with Crippen LogP contribution in [-0.2, 0) is 11.0 Å². The normalized spacial score (nSPS) is 16.1. The number of thioether (sulfide) groups is 1. The van der Waals surface area contributed by atoms with E-state index in [1.165, 1.54) is 40.1 Å². The Morgan fingerprint density at radius 3 is 2.83 bits per heavy atom. The number of halogens is 3. The van der Waals surface area contributed by atoms with Crippen LogP contribution in [-0.4, -0.2) is 33.0 Å². The van der Waals surface area contributed by atoms with Crippen molar-refractivity contribution in [2.75, 3.05) is 17.2 Å². The lowest BCUT2D eigenvalue weighted by molar-refractivity contribution is -0.137. The number of alkyl halides is 3. The molecule has 0 saturated heterocycles. The summed E-state index contributed by atoms with van der Waals surface area (Å²) in [7, 11) is 0. The molecule has 0 saturated carbocycles. The first-order valence-corrected chi connectivity index (χ1v) is 7.86. The standard InChI is InChI=1S/C14H13F3N4OS/c1-9(21-8-18-7-19-21)13(22)20-4-5-23-12-3-2-10(6-11(12)20)14(15,16)17/h2-3,6-9H,4-5H2,1H3/t9-/m0/s1. The Morgan fingerprint density at radius 1 is 1.39 bits per heavy atom. The van der Waals surface area contributed by atoms with Crippen LogP contribution in [0.3, 0.4) is 0 Å². The van der Waals surface area contributed by atoms with Crippen LogP contribution >= 0.6 is 11.8 Å². The molecule has 122 valence electrons. The van der Waals surface area contributed by atoms with Crippen molar-refractivity contribution in [2.45, 2.75) is 24.0 Å². The average molecular weight is 342 g/mol. The fraction of sp³-hybridized carbons (Fsp3) is 0.357. The number of rotatable bonds is 2. The lowest BCUT2D eigenvalue weighted by Crippen LogP contribution is -2.40. The van der Waals surface area contributed by atoms with E-state index in [2.05, 4.69) is 10.1 Å². The zero-order valence-electron chi connectivity index (χ0n) is 12.1. The van der Waals surface area contributed by atoms with Crippen molar-refractivity contribution in [1.82, 2.24) is 14.8 Å². The predicted molar refractivity (Wildman–Crippen MR) is 79.3 cm³/mol. The number of carbonyl (C=O) groups is 1. The molecule has 2 aromatic rings. The fourth-order valence-corrected chi connectivity index (χ4v) is 3.35. The molecule has 1 amide bonds. The van der Waals surface area contributed by atoms with Gasteiger partial charge in [0.1, 0.15) is 18.7 Å². The highest BCUT2D eigenvalue weighted by molar-refractivity contribution is 7.99. The third-order valence-electron chi connectivity index (χ3n) is 3.61. The molecule has 1 aliphatic heterocycles. The van der Waals surface area contributed by atoms with E-state index in [0.717, 1.165) is 12.1 Å². The molecule has 23 heavy (non-hydrogen) atoms. The highest BCUT2D eigenvalue weighted by Crippen LogP contribution is 2.40. The molecule has 5 nitrogen and oxygen atoms in total. The lowest BCUT2D eigenvalue weighted by Gasteiger charge is -2.31. The molecule has 1 aliphatic rings. The first-order chi connectivity index (χ1) is 10.9. The molecule has 1 atom stereocenters. The maximum Gasteiger partial charge on any atom is 0.416 e. The third-order valence-corrected chi connectivity index (χ3v) is 4.65. The van der Waals surface area contributed by atoms with Crippen molar-refractivity contribution < 1.29 is 18.0 Å². The molecular formula is C14H13F3N4OS. The van der Waals surface area contributed by atoms with Gasteiger partial charge < -0.3 is 4.90 Å². The number of aromatic nitrogens is 3.